The molecule has 3 N–H and O–H groups in total. The topological polar surface area (TPSA) is 102 Å². The Hall–Kier alpha value is -1.84. The number of sulfonamides is 1. The lowest BCUT2D eigenvalue weighted by Crippen LogP contribution is -2.27. The number of thiophene rings is 1. The number of nitrogens with two attached hydrogens (primary N) is 1. The number of rotatable bonds is 4. The summed E-state index contributed by atoms with van der Waals surface area (Å²) in [5, 5.41) is 7.61. The van der Waals surface area contributed by atoms with Gasteiger partial charge in [-0.3, -0.25) is 9.78 Å². The molecule has 9 heteroatoms. The van der Waals surface area contributed by atoms with Gasteiger partial charge in [-0.2, -0.15) is 0 Å². The molecule has 2 heterocycles. The lowest BCUT2D eigenvalue weighted by Gasteiger charge is -2.12. The third kappa shape index (κ3) is 3.63. The fourth-order valence-electron chi connectivity index (χ4n) is 1.62. The zero-order valence-corrected chi connectivity index (χ0v) is 12.5. The van der Waals surface area contributed by atoms with Gasteiger partial charge < -0.3 is 5.32 Å². The maximum atomic E-state index is 13.4. The summed E-state index contributed by atoms with van der Waals surface area (Å²) in [5.74, 6) is -1.33. The zero-order chi connectivity index (χ0) is 15.6. The SMILES string of the molecule is CC(NC(=O)c1ccncc1F)c1ccc(S(N)(=O)=O)s1. The highest BCUT2D eigenvalue weighted by Crippen LogP contribution is 2.26. The molecule has 2 aromatic rings. The first-order valence-electron chi connectivity index (χ1n) is 5.82. The molecule has 0 aromatic carbocycles. The molecule has 0 saturated heterocycles. The Balaban J connectivity index is 2.15. The summed E-state index contributed by atoms with van der Waals surface area (Å²) in [4.78, 5) is 16.1. The molecule has 0 bridgehead atoms. The Labute approximate surface area is 124 Å². The highest BCUT2D eigenvalue weighted by Gasteiger charge is 2.18. The van der Waals surface area contributed by atoms with E-state index in [9.17, 15) is 17.6 Å². The lowest BCUT2D eigenvalue weighted by atomic mass is 10.2. The molecule has 0 saturated carbocycles. The average Bonchev–Trinajstić information content (AvgIpc) is 2.88. The molecule has 0 aliphatic carbocycles. The van der Waals surface area contributed by atoms with Crippen LogP contribution >= 0.6 is 11.3 Å². The molecule has 1 atom stereocenters. The van der Waals surface area contributed by atoms with E-state index in [1.807, 2.05) is 0 Å². The number of halogens is 1. The second-order valence-corrected chi connectivity index (χ2v) is 7.16. The van der Waals surface area contributed by atoms with Crippen LogP contribution in [0.3, 0.4) is 0 Å². The normalized spacial score (nSPS) is 12.9. The number of hydrogen-bond acceptors (Lipinski definition) is 5. The monoisotopic (exact) mass is 329 g/mol. The van der Waals surface area contributed by atoms with E-state index < -0.39 is 27.8 Å². The fraction of sp³-hybridized carbons (Fsp3) is 0.167. The van der Waals surface area contributed by atoms with Crippen molar-refractivity contribution in [2.24, 2.45) is 5.14 Å². The molecule has 2 rings (SSSR count). The molecule has 1 amide bonds. The largest absolute Gasteiger partial charge is 0.345 e. The molecule has 0 radical (unpaired) electrons. The van der Waals surface area contributed by atoms with Gasteiger partial charge in [0.1, 0.15) is 4.21 Å². The standard InChI is InChI=1S/C12H12FN3O3S2/c1-7(10-2-3-11(20-10)21(14,18)19)16-12(17)8-4-5-15-6-9(8)13/h2-7H,1H3,(H,16,17)(H2,14,18,19). The van der Waals surface area contributed by atoms with Crippen LogP contribution in [-0.4, -0.2) is 19.3 Å². The number of nitrogens with one attached hydrogen (secondary N) is 1. The first-order chi connectivity index (χ1) is 9.79. The lowest BCUT2D eigenvalue weighted by molar-refractivity contribution is 0.0936. The van der Waals surface area contributed by atoms with Gasteiger partial charge in [0.25, 0.3) is 5.91 Å². The smallest absolute Gasteiger partial charge is 0.254 e. The van der Waals surface area contributed by atoms with Gasteiger partial charge in [-0.1, -0.05) is 0 Å². The Morgan fingerprint density at radius 2 is 2.14 bits per heavy atom. The van der Waals surface area contributed by atoms with E-state index in [-0.39, 0.29) is 9.77 Å². The van der Waals surface area contributed by atoms with Crippen molar-refractivity contribution in [3.63, 3.8) is 0 Å². The van der Waals surface area contributed by atoms with Gasteiger partial charge in [-0.25, -0.2) is 17.9 Å². The summed E-state index contributed by atoms with van der Waals surface area (Å²) in [6, 6.07) is 3.70. The molecule has 0 fully saturated rings. The predicted molar refractivity (Wildman–Crippen MR) is 75.8 cm³/mol. The van der Waals surface area contributed by atoms with E-state index in [1.165, 1.54) is 18.3 Å². The van der Waals surface area contributed by atoms with Gasteiger partial charge in [-0.05, 0) is 25.1 Å². The minimum absolute atomic E-state index is 0.00805. The maximum absolute atomic E-state index is 13.4. The highest BCUT2D eigenvalue weighted by atomic mass is 32.2. The number of carbonyl (C=O) groups is 1. The van der Waals surface area contributed by atoms with E-state index >= 15 is 0 Å². The van der Waals surface area contributed by atoms with Crippen LogP contribution in [0, 0.1) is 5.82 Å². The second-order valence-electron chi connectivity index (χ2n) is 4.25. The molecule has 21 heavy (non-hydrogen) atoms. The van der Waals surface area contributed by atoms with Gasteiger partial charge in [0.2, 0.25) is 10.0 Å². The molecule has 2 aromatic heterocycles. The Morgan fingerprint density at radius 3 is 2.71 bits per heavy atom. The van der Waals surface area contributed by atoms with Crippen LogP contribution in [0.1, 0.15) is 28.2 Å². The third-order valence-corrected chi connectivity index (χ3v) is 5.38. The Morgan fingerprint density at radius 1 is 1.43 bits per heavy atom. The van der Waals surface area contributed by atoms with Crippen LogP contribution in [0.4, 0.5) is 4.39 Å². The van der Waals surface area contributed by atoms with Crippen molar-refractivity contribution in [1.29, 1.82) is 0 Å². The summed E-state index contributed by atoms with van der Waals surface area (Å²) in [6.07, 6.45) is 2.26. The molecule has 1 unspecified atom stereocenters. The molecular weight excluding hydrogens is 317 g/mol. The average molecular weight is 329 g/mol. The van der Waals surface area contributed by atoms with Crippen molar-refractivity contribution in [2.45, 2.75) is 17.2 Å². The summed E-state index contributed by atoms with van der Waals surface area (Å²) in [7, 11) is -3.77. The van der Waals surface area contributed by atoms with Gasteiger partial charge in [-0.15, -0.1) is 11.3 Å². The van der Waals surface area contributed by atoms with E-state index in [0.29, 0.717) is 4.88 Å². The van der Waals surface area contributed by atoms with E-state index in [0.717, 1.165) is 17.5 Å². The number of primary sulfonamides is 1. The molecule has 0 aliphatic heterocycles. The van der Waals surface area contributed by atoms with Gasteiger partial charge in [0.15, 0.2) is 5.82 Å². The third-order valence-electron chi connectivity index (χ3n) is 2.67. The number of amides is 1. The van der Waals surface area contributed by atoms with Crippen molar-refractivity contribution in [1.82, 2.24) is 10.3 Å². The number of carbonyl (C=O) groups excluding carboxylic acids is 1. The first kappa shape index (κ1) is 15.5. The van der Waals surface area contributed by atoms with Crippen molar-refractivity contribution in [3.05, 3.63) is 46.9 Å². The Kier molecular flexibility index (Phi) is 4.35. The fourth-order valence-corrected chi connectivity index (χ4v) is 3.38. The molecule has 0 aliphatic rings. The van der Waals surface area contributed by atoms with Crippen molar-refractivity contribution < 1.29 is 17.6 Å². The summed E-state index contributed by atoms with van der Waals surface area (Å²) in [6.45, 7) is 1.66. The van der Waals surface area contributed by atoms with Gasteiger partial charge in [0.05, 0.1) is 17.8 Å². The van der Waals surface area contributed by atoms with Crippen LogP contribution in [-0.2, 0) is 10.0 Å². The van der Waals surface area contributed by atoms with Gasteiger partial charge in [0, 0.05) is 11.1 Å². The van der Waals surface area contributed by atoms with E-state index in [4.69, 9.17) is 5.14 Å². The molecular formula is C12H12FN3O3S2. The minimum Gasteiger partial charge on any atom is -0.345 e. The molecule has 6 nitrogen and oxygen atoms in total. The van der Waals surface area contributed by atoms with Crippen molar-refractivity contribution in [2.75, 3.05) is 0 Å². The maximum Gasteiger partial charge on any atom is 0.254 e. The van der Waals surface area contributed by atoms with Crippen molar-refractivity contribution in [3.8, 4) is 0 Å². The van der Waals surface area contributed by atoms with Crippen LogP contribution in [0.5, 0.6) is 0 Å². The molecule has 112 valence electrons. The highest BCUT2D eigenvalue weighted by molar-refractivity contribution is 7.91. The number of pyridine rings is 1. The van der Waals surface area contributed by atoms with E-state index in [2.05, 4.69) is 10.3 Å². The predicted octanol–water partition coefficient (Wildman–Crippen LogP) is 1.42. The second kappa shape index (κ2) is 5.88. The quantitative estimate of drug-likeness (QED) is 0.885. The number of hydrogen-bond donors (Lipinski definition) is 2. The summed E-state index contributed by atoms with van der Waals surface area (Å²) in [5.41, 5.74) is -0.125. The Bertz CT molecular complexity index is 774. The summed E-state index contributed by atoms with van der Waals surface area (Å²) < 4.78 is 35.8. The first-order valence-corrected chi connectivity index (χ1v) is 8.18. The van der Waals surface area contributed by atoms with Gasteiger partial charge >= 0.3 is 0 Å². The minimum atomic E-state index is -3.77. The summed E-state index contributed by atoms with van der Waals surface area (Å²) >= 11 is 0.956. The van der Waals surface area contributed by atoms with Crippen LogP contribution in [0.2, 0.25) is 0 Å². The van der Waals surface area contributed by atoms with Crippen LogP contribution in [0.15, 0.2) is 34.8 Å². The number of nitrogens with zero attached hydrogens (tertiary/aromatic N) is 1. The number of aromatic nitrogens is 1. The van der Waals surface area contributed by atoms with Crippen LogP contribution < -0.4 is 10.5 Å². The zero-order valence-electron chi connectivity index (χ0n) is 10.9. The molecule has 0 spiro atoms. The van der Waals surface area contributed by atoms with Crippen LogP contribution in [0.25, 0.3) is 0 Å². The van der Waals surface area contributed by atoms with Crippen molar-refractivity contribution >= 4 is 27.3 Å². The van der Waals surface area contributed by atoms with E-state index in [1.54, 1.807) is 13.0 Å².